The lowest BCUT2D eigenvalue weighted by Gasteiger charge is -2.36. The van der Waals surface area contributed by atoms with Gasteiger partial charge >= 0.3 is 0 Å². The summed E-state index contributed by atoms with van der Waals surface area (Å²) in [5.74, 6) is 0.0755. The maximum Gasteiger partial charge on any atom is 0.249 e. The van der Waals surface area contributed by atoms with Crippen molar-refractivity contribution in [1.82, 2.24) is 15.1 Å². The average Bonchev–Trinajstić information content (AvgIpc) is 2.79. The summed E-state index contributed by atoms with van der Waals surface area (Å²) in [6.45, 7) is 4.56. The molecule has 0 aromatic heterocycles. The van der Waals surface area contributed by atoms with Crippen molar-refractivity contribution in [2.45, 2.75) is 58.2 Å². The molecule has 6 nitrogen and oxygen atoms in total. The van der Waals surface area contributed by atoms with E-state index in [-0.39, 0.29) is 23.6 Å². The molecule has 1 heterocycles. The Kier molecular flexibility index (Phi) is 11.1. The number of carbonyl (C=O) groups excluding carboxylic acids is 2. The van der Waals surface area contributed by atoms with E-state index < -0.39 is 6.04 Å². The first-order valence-electron chi connectivity index (χ1n) is 11.3. The zero-order chi connectivity index (χ0) is 23.3. The van der Waals surface area contributed by atoms with Crippen molar-refractivity contribution in [2.24, 2.45) is 4.99 Å². The average molecular weight is 457 g/mol. The molecule has 2 rings (SSSR count). The van der Waals surface area contributed by atoms with Crippen LogP contribution >= 0.6 is 11.8 Å². The number of amides is 2. The van der Waals surface area contributed by atoms with Gasteiger partial charge in [-0.2, -0.15) is 0 Å². The minimum absolute atomic E-state index is 0.0677. The van der Waals surface area contributed by atoms with Gasteiger partial charge in [0.1, 0.15) is 0 Å². The largest absolute Gasteiger partial charge is 0.351 e. The minimum atomic E-state index is -0.747. The lowest BCUT2D eigenvalue weighted by Crippen LogP contribution is -2.54. The van der Waals surface area contributed by atoms with Crippen LogP contribution in [0.15, 0.2) is 58.6 Å². The van der Waals surface area contributed by atoms with Gasteiger partial charge in [0.2, 0.25) is 11.8 Å². The van der Waals surface area contributed by atoms with E-state index in [1.165, 1.54) is 11.8 Å². The van der Waals surface area contributed by atoms with Crippen LogP contribution in [0.2, 0.25) is 0 Å². The van der Waals surface area contributed by atoms with E-state index in [0.29, 0.717) is 13.0 Å². The van der Waals surface area contributed by atoms with Gasteiger partial charge in [0, 0.05) is 32.4 Å². The van der Waals surface area contributed by atoms with Crippen LogP contribution in [0, 0.1) is 0 Å². The van der Waals surface area contributed by atoms with Crippen molar-refractivity contribution in [1.29, 1.82) is 0 Å². The molecule has 2 atom stereocenters. The maximum absolute atomic E-state index is 13.7. The summed E-state index contributed by atoms with van der Waals surface area (Å²) in [5, 5.41) is 5.17. The molecule has 2 amide bonds. The van der Waals surface area contributed by atoms with E-state index in [9.17, 15) is 9.59 Å². The molecule has 0 saturated heterocycles. The summed E-state index contributed by atoms with van der Waals surface area (Å²) >= 11 is 1.46. The van der Waals surface area contributed by atoms with Gasteiger partial charge in [-0.05, 0) is 30.2 Å². The molecule has 2 unspecified atom stereocenters. The third-order valence-corrected chi connectivity index (χ3v) is 6.19. The lowest BCUT2D eigenvalue weighted by atomic mass is 10.0. The molecular formula is C25H36N4O2S. The number of benzene rings is 1. The fraction of sp³-hybridized carbons (Fsp3) is 0.480. The number of nitrogens with zero attached hydrogens (tertiary/aromatic N) is 3. The molecule has 1 aliphatic rings. The van der Waals surface area contributed by atoms with Gasteiger partial charge < -0.3 is 15.1 Å². The molecule has 0 saturated carbocycles. The summed E-state index contributed by atoms with van der Waals surface area (Å²) in [5.41, 5.74) is 1.74. The lowest BCUT2D eigenvalue weighted by molar-refractivity contribution is -0.138. The van der Waals surface area contributed by atoms with E-state index in [4.69, 9.17) is 0 Å². The highest BCUT2D eigenvalue weighted by molar-refractivity contribution is 8.02. The van der Waals surface area contributed by atoms with Crippen molar-refractivity contribution in [3.05, 3.63) is 59.2 Å². The van der Waals surface area contributed by atoms with Crippen LogP contribution in [0.1, 0.15) is 45.1 Å². The zero-order valence-corrected chi connectivity index (χ0v) is 20.5. The number of rotatable bonds is 9. The predicted molar refractivity (Wildman–Crippen MR) is 134 cm³/mol. The van der Waals surface area contributed by atoms with Gasteiger partial charge in [0.25, 0.3) is 0 Å². The fourth-order valence-corrected chi connectivity index (χ4v) is 4.40. The van der Waals surface area contributed by atoms with Crippen LogP contribution in [0.5, 0.6) is 0 Å². The summed E-state index contributed by atoms with van der Waals surface area (Å²) in [6, 6.07) is 9.16. The van der Waals surface area contributed by atoms with Crippen molar-refractivity contribution >= 4 is 29.9 Å². The van der Waals surface area contributed by atoms with Gasteiger partial charge in [0.05, 0.1) is 12.1 Å². The van der Waals surface area contributed by atoms with E-state index in [2.05, 4.69) is 24.2 Å². The number of allylic oxidation sites excluding steroid dienone is 2. The molecule has 1 aromatic rings. The van der Waals surface area contributed by atoms with Crippen LogP contribution in [0.3, 0.4) is 0 Å². The molecule has 0 radical (unpaired) electrons. The summed E-state index contributed by atoms with van der Waals surface area (Å²) in [4.78, 5) is 34.8. The van der Waals surface area contributed by atoms with Gasteiger partial charge in [-0.15, -0.1) is 11.8 Å². The SMILES string of the molecule is CCCC(CC)NC(=O)C1/C(N(C)C=NC)=C\C/C=C\SCC(=O)N1Cc1ccccc1. The van der Waals surface area contributed by atoms with Crippen LogP contribution in [-0.2, 0) is 16.1 Å². The Morgan fingerprint density at radius 3 is 2.75 bits per heavy atom. The first-order chi connectivity index (χ1) is 15.5. The molecule has 0 fully saturated rings. The van der Waals surface area contributed by atoms with Crippen LogP contribution in [0.25, 0.3) is 0 Å². The Morgan fingerprint density at radius 2 is 2.09 bits per heavy atom. The Morgan fingerprint density at radius 1 is 1.34 bits per heavy atom. The van der Waals surface area contributed by atoms with Crippen LogP contribution in [0.4, 0.5) is 0 Å². The first-order valence-corrected chi connectivity index (χ1v) is 12.3. The van der Waals surface area contributed by atoms with E-state index in [0.717, 1.165) is 30.5 Å². The summed E-state index contributed by atoms with van der Waals surface area (Å²) in [7, 11) is 3.57. The summed E-state index contributed by atoms with van der Waals surface area (Å²) in [6.07, 6.45) is 9.14. The van der Waals surface area contributed by atoms with Crippen LogP contribution < -0.4 is 5.32 Å². The van der Waals surface area contributed by atoms with Gasteiger partial charge in [-0.3, -0.25) is 14.6 Å². The molecular weight excluding hydrogens is 420 g/mol. The number of hydrogen-bond acceptors (Lipinski definition) is 4. The quantitative estimate of drug-likeness (QED) is 0.447. The molecule has 7 heteroatoms. The fourth-order valence-electron chi connectivity index (χ4n) is 3.75. The molecule has 0 aliphatic carbocycles. The first kappa shape index (κ1) is 25.7. The minimum Gasteiger partial charge on any atom is -0.351 e. The van der Waals surface area contributed by atoms with Crippen LogP contribution in [-0.4, -0.2) is 59.9 Å². The monoisotopic (exact) mass is 456 g/mol. The number of nitrogens with one attached hydrogen (secondary N) is 1. The topological polar surface area (TPSA) is 65.0 Å². The standard InChI is InChI=1S/C25H36N4O2S/c1-5-12-21(6-2)27-25(31)24-22(28(4)19-26-3)15-10-11-16-32-18-23(30)29(24)17-20-13-8-7-9-14-20/h7-9,11,13-16,19,21,24H,5-6,10,12,17-18H2,1-4H3,(H,27,31)/b16-11-,22-15+,26-19?. The van der Waals surface area contributed by atoms with E-state index >= 15 is 0 Å². The Labute approximate surface area is 196 Å². The van der Waals surface area contributed by atoms with Crippen molar-refractivity contribution in [3.8, 4) is 0 Å². The molecule has 1 aliphatic heterocycles. The zero-order valence-electron chi connectivity index (χ0n) is 19.7. The molecule has 1 aromatic carbocycles. The smallest absolute Gasteiger partial charge is 0.249 e. The Bertz CT molecular complexity index is 822. The second-order valence-electron chi connectivity index (χ2n) is 7.84. The highest BCUT2D eigenvalue weighted by Crippen LogP contribution is 2.22. The van der Waals surface area contributed by atoms with E-state index in [1.54, 1.807) is 18.3 Å². The molecule has 32 heavy (non-hydrogen) atoms. The number of aliphatic imine (C=N–C) groups is 1. The number of hydrogen-bond donors (Lipinski definition) is 1. The maximum atomic E-state index is 13.7. The van der Waals surface area contributed by atoms with Gasteiger partial charge in [-0.25, -0.2) is 0 Å². The van der Waals surface area contributed by atoms with E-state index in [1.807, 2.05) is 59.8 Å². The second-order valence-corrected chi connectivity index (χ2v) is 8.74. The third kappa shape index (κ3) is 7.55. The molecule has 0 spiro atoms. The number of thioether (sulfide) groups is 1. The molecule has 174 valence electrons. The number of likely N-dealkylation sites (N-methyl/N-ethyl adjacent to an activating group) is 1. The highest BCUT2D eigenvalue weighted by Gasteiger charge is 2.35. The van der Waals surface area contributed by atoms with Gasteiger partial charge in [-0.1, -0.05) is 62.8 Å². The Hall–Kier alpha value is -2.54. The predicted octanol–water partition coefficient (Wildman–Crippen LogP) is 4.20. The molecule has 0 bridgehead atoms. The third-order valence-electron chi connectivity index (χ3n) is 5.39. The number of carbonyl (C=O) groups is 2. The van der Waals surface area contributed by atoms with Crippen molar-refractivity contribution in [3.63, 3.8) is 0 Å². The Balaban J connectivity index is 2.54. The highest BCUT2D eigenvalue weighted by atomic mass is 32.2. The summed E-state index contributed by atoms with van der Waals surface area (Å²) < 4.78 is 0. The normalized spacial score (nSPS) is 21.0. The molecule has 1 N–H and O–H groups in total. The second kappa shape index (κ2) is 13.8. The van der Waals surface area contributed by atoms with Gasteiger partial charge in [0.15, 0.2) is 6.04 Å². The van der Waals surface area contributed by atoms with Crippen molar-refractivity contribution in [2.75, 3.05) is 19.8 Å². The van der Waals surface area contributed by atoms with Crippen molar-refractivity contribution < 1.29 is 9.59 Å².